The van der Waals surface area contributed by atoms with Gasteiger partial charge in [0.1, 0.15) is 0 Å². The summed E-state index contributed by atoms with van der Waals surface area (Å²) in [6.45, 7) is 11.9. The molecule has 0 aromatic carbocycles. The number of rotatable bonds is 15. The number of aliphatic hydroxyl groups is 1. The highest BCUT2D eigenvalue weighted by Crippen LogP contribution is 2.39. The molecular weight excluding hydrogens is 327 g/mol. The lowest BCUT2D eigenvalue weighted by Crippen LogP contribution is -2.18. The van der Waals surface area contributed by atoms with Crippen LogP contribution in [0.25, 0.3) is 0 Å². The molecule has 0 aliphatic heterocycles. The van der Waals surface area contributed by atoms with Crippen LogP contribution in [0.15, 0.2) is 0 Å². The van der Waals surface area contributed by atoms with Crippen molar-refractivity contribution in [2.24, 2.45) is 10.8 Å². The minimum absolute atomic E-state index is 0.0906. The van der Waals surface area contributed by atoms with Crippen molar-refractivity contribution >= 4 is 7.60 Å². The Morgan fingerprint density at radius 1 is 0.875 bits per heavy atom. The summed E-state index contributed by atoms with van der Waals surface area (Å²) in [6, 6.07) is 0. The maximum Gasteiger partial charge on any atom is 0.325 e. The average Bonchev–Trinajstić information content (AvgIpc) is 2.42. The number of aliphatic hydroxyl groups excluding tert-OH is 1. The van der Waals surface area contributed by atoms with Crippen molar-refractivity contribution in [3.05, 3.63) is 0 Å². The Morgan fingerprint density at radius 2 is 1.38 bits per heavy atom. The summed E-state index contributed by atoms with van der Waals surface area (Å²) < 4.78 is 21.9. The Hall–Kier alpha value is 0.0700. The number of ether oxygens (including phenoxy) is 1. The topological polar surface area (TPSA) is 76.0 Å². The van der Waals surface area contributed by atoms with Crippen molar-refractivity contribution in [1.29, 1.82) is 0 Å². The summed E-state index contributed by atoms with van der Waals surface area (Å²) in [5.41, 5.74) is 0.131. The summed E-state index contributed by atoms with van der Waals surface area (Å²) >= 11 is 0. The van der Waals surface area contributed by atoms with Gasteiger partial charge >= 0.3 is 7.60 Å². The fourth-order valence-electron chi connectivity index (χ4n) is 2.51. The second-order valence-electron chi connectivity index (χ2n) is 8.41. The van der Waals surface area contributed by atoms with Crippen molar-refractivity contribution in [2.45, 2.75) is 72.6 Å². The normalized spacial score (nSPS) is 15.5. The highest BCUT2D eigenvalue weighted by atomic mass is 31.2. The number of hydrogen-bond donors (Lipinski definition) is 2. The zero-order chi connectivity index (χ0) is 18.7. The van der Waals surface area contributed by atoms with Gasteiger partial charge in [0.25, 0.3) is 0 Å². The third-order valence-electron chi connectivity index (χ3n) is 4.27. The lowest BCUT2D eigenvalue weighted by Gasteiger charge is -2.25. The average molecular weight is 366 g/mol. The van der Waals surface area contributed by atoms with Crippen molar-refractivity contribution in [3.63, 3.8) is 0 Å². The summed E-state index contributed by atoms with van der Waals surface area (Å²) in [6.07, 6.45) is 7.16. The summed E-state index contributed by atoms with van der Waals surface area (Å²) in [5.74, 6) is 0. The van der Waals surface area contributed by atoms with E-state index in [2.05, 4.69) is 27.7 Å². The molecule has 6 heteroatoms. The van der Waals surface area contributed by atoms with E-state index >= 15 is 0 Å². The first-order valence-electron chi connectivity index (χ1n) is 9.11. The van der Waals surface area contributed by atoms with E-state index in [4.69, 9.17) is 14.4 Å². The van der Waals surface area contributed by atoms with Crippen molar-refractivity contribution < 1.29 is 23.8 Å². The van der Waals surface area contributed by atoms with E-state index in [1.165, 1.54) is 6.66 Å². The Kier molecular flexibility index (Phi) is 11.7. The third kappa shape index (κ3) is 15.6. The largest absolute Gasteiger partial charge is 0.396 e. The molecule has 0 amide bonds. The second kappa shape index (κ2) is 11.6. The zero-order valence-corrected chi connectivity index (χ0v) is 17.2. The van der Waals surface area contributed by atoms with Crippen LogP contribution in [0.4, 0.5) is 0 Å². The van der Waals surface area contributed by atoms with Crippen molar-refractivity contribution in [2.75, 3.05) is 33.1 Å². The van der Waals surface area contributed by atoms with Crippen LogP contribution in [-0.4, -0.2) is 43.1 Å². The van der Waals surface area contributed by atoms with Gasteiger partial charge in [-0.05, 0) is 42.9 Å². The highest BCUT2D eigenvalue weighted by molar-refractivity contribution is 7.51. The predicted molar refractivity (Wildman–Crippen MR) is 99.5 cm³/mol. The van der Waals surface area contributed by atoms with Crippen LogP contribution in [0.2, 0.25) is 0 Å². The molecule has 0 aromatic heterocycles. The first-order valence-corrected chi connectivity index (χ1v) is 11.1. The van der Waals surface area contributed by atoms with Gasteiger partial charge in [-0.2, -0.15) is 0 Å². The Labute approximate surface area is 148 Å². The summed E-state index contributed by atoms with van der Waals surface area (Å²) in [7, 11) is -3.38. The first kappa shape index (κ1) is 24.1. The molecule has 5 nitrogen and oxygen atoms in total. The van der Waals surface area contributed by atoms with Gasteiger partial charge in [-0.3, -0.25) is 4.57 Å². The molecule has 0 aliphatic rings. The Balaban J connectivity index is 3.55. The van der Waals surface area contributed by atoms with E-state index in [9.17, 15) is 9.46 Å². The fraction of sp³-hybridized carbons (Fsp3) is 1.00. The van der Waals surface area contributed by atoms with Crippen LogP contribution in [0, 0.1) is 10.8 Å². The first-order chi connectivity index (χ1) is 11.0. The van der Waals surface area contributed by atoms with E-state index in [0.29, 0.717) is 6.61 Å². The van der Waals surface area contributed by atoms with E-state index in [1.54, 1.807) is 0 Å². The van der Waals surface area contributed by atoms with E-state index < -0.39 is 7.60 Å². The smallest absolute Gasteiger partial charge is 0.325 e. The molecule has 1 atom stereocenters. The molecular formula is C18H39O5P. The van der Waals surface area contributed by atoms with E-state index in [1.807, 2.05) is 0 Å². The van der Waals surface area contributed by atoms with Gasteiger partial charge in [0, 0.05) is 26.5 Å². The molecule has 0 aliphatic carbocycles. The number of unbranched alkanes of at least 4 members (excludes halogenated alkanes) is 2. The monoisotopic (exact) mass is 366 g/mol. The molecule has 0 radical (unpaired) electrons. The molecule has 24 heavy (non-hydrogen) atoms. The highest BCUT2D eigenvalue weighted by Gasteiger charge is 2.22. The lowest BCUT2D eigenvalue weighted by molar-refractivity contribution is 0.112. The van der Waals surface area contributed by atoms with Crippen LogP contribution in [0.1, 0.15) is 72.6 Å². The number of hydrogen-bond acceptors (Lipinski definition) is 4. The van der Waals surface area contributed by atoms with Crippen molar-refractivity contribution in [1.82, 2.24) is 0 Å². The quantitative estimate of drug-likeness (QED) is 0.327. The summed E-state index contributed by atoms with van der Waals surface area (Å²) in [5, 5.41) is 9.00. The second-order valence-corrected chi connectivity index (χ2v) is 10.3. The van der Waals surface area contributed by atoms with Gasteiger partial charge in [-0.15, -0.1) is 0 Å². The maximum atomic E-state index is 11.2. The van der Waals surface area contributed by atoms with Gasteiger partial charge in [-0.25, -0.2) is 0 Å². The Morgan fingerprint density at radius 3 is 1.83 bits per heavy atom. The maximum absolute atomic E-state index is 11.2. The van der Waals surface area contributed by atoms with Crippen LogP contribution < -0.4 is 0 Å². The van der Waals surface area contributed by atoms with Gasteiger partial charge in [0.05, 0.1) is 6.61 Å². The molecule has 0 saturated heterocycles. The van der Waals surface area contributed by atoms with Crippen molar-refractivity contribution in [3.8, 4) is 0 Å². The minimum atomic E-state index is -3.38. The molecule has 2 N–H and O–H groups in total. The third-order valence-corrected chi connectivity index (χ3v) is 4.88. The van der Waals surface area contributed by atoms with E-state index in [0.717, 1.165) is 58.2 Å². The van der Waals surface area contributed by atoms with Gasteiger partial charge in [0.15, 0.2) is 0 Å². The Bertz CT molecular complexity index is 362. The van der Waals surface area contributed by atoms with Gasteiger partial charge < -0.3 is 19.3 Å². The molecule has 146 valence electrons. The molecule has 0 spiro atoms. The van der Waals surface area contributed by atoms with Crippen LogP contribution in [-0.2, 0) is 13.8 Å². The molecule has 0 fully saturated rings. The minimum Gasteiger partial charge on any atom is -0.396 e. The van der Waals surface area contributed by atoms with Gasteiger partial charge in [-0.1, -0.05) is 40.5 Å². The molecule has 0 aromatic rings. The van der Waals surface area contributed by atoms with Crippen LogP contribution in [0.5, 0.6) is 0 Å². The summed E-state index contributed by atoms with van der Waals surface area (Å²) in [4.78, 5) is 9.17. The fourth-order valence-corrected chi connectivity index (χ4v) is 3.10. The van der Waals surface area contributed by atoms with Crippen LogP contribution >= 0.6 is 7.60 Å². The van der Waals surface area contributed by atoms with Gasteiger partial charge in [0.2, 0.25) is 0 Å². The lowest BCUT2D eigenvalue weighted by atomic mass is 9.84. The zero-order valence-electron chi connectivity index (χ0n) is 16.3. The predicted octanol–water partition coefficient (Wildman–Crippen LogP) is 4.61. The molecule has 1 unspecified atom stereocenters. The molecule has 0 saturated carbocycles. The molecule has 0 heterocycles. The van der Waals surface area contributed by atoms with E-state index in [-0.39, 0.29) is 17.4 Å². The SMILES string of the molecule is CC(C)(CCO)CCCCOCCCCC(C)(C)COP(C)(=O)O. The molecule has 0 bridgehead atoms. The molecule has 0 rings (SSSR count). The van der Waals surface area contributed by atoms with Crippen LogP contribution in [0.3, 0.4) is 0 Å². The standard InChI is InChI=1S/C18H39O5P/c1-17(2,12-13-19)10-6-8-14-22-15-9-7-11-18(3,4)16-23-24(5,20)21/h19H,6-16H2,1-5H3,(H,20,21).